The third-order valence-electron chi connectivity index (χ3n) is 4.02. The van der Waals surface area contributed by atoms with Crippen molar-refractivity contribution < 1.29 is 14.7 Å². The van der Waals surface area contributed by atoms with Gasteiger partial charge < -0.3 is 5.11 Å². The normalized spacial score (nSPS) is 13.2. The molecule has 1 N–H and O–H groups in total. The number of fused-ring (bicyclic) bond motifs is 1. The minimum Gasteiger partial charge on any atom is -0.505 e. The molecule has 0 saturated heterocycles. The van der Waals surface area contributed by atoms with Gasteiger partial charge in [0.1, 0.15) is 10.3 Å². The third-order valence-corrected chi connectivity index (χ3v) is 4.60. The highest BCUT2D eigenvalue weighted by atomic mass is 79.9. The summed E-state index contributed by atoms with van der Waals surface area (Å²) in [6.07, 6.45) is 0. The van der Waals surface area contributed by atoms with E-state index in [1.54, 1.807) is 54.6 Å². The van der Waals surface area contributed by atoms with E-state index in [-0.39, 0.29) is 27.2 Å². The molecule has 2 amide bonds. The summed E-state index contributed by atoms with van der Waals surface area (Å²) in [5.74, 6) is -1.37. The Morgan fingerprint density at radius 2 is 1.40 bits per heavy atom. The average molecular weight is 395 g/mol. The monoisotopic (exact) mass is 394 g/mol. The molecule has 2 aromatic carbocycles. The van der Waals surface area contributed by atoms with Gasteiger partial charge >= 0.3 is 0 Å². The van der Waals surface area contributed by atoms with Crippen LogP contribution in [-0.2, 0) is 0 Å². The second-order valence-corrected chi connectivity index (χ2v) is 6.25. The number of rotatable bonds is 2. The number of pyridine rings is 1. The van der Waals surface area contributed by atoms with Crippen LogP contribution in [0, 0.1) is 0 Å². The molecule has 4 rings (SSSR count). The van der Waals surface area contributed by atoms with Crippen LogP contribution in [0.2, 0.25) is 0 Å². The highest BCUT2D eigenvalue weighted by molar-refractivity contribution is 9.10. The number of anilines is 1. The van der Waals surface area contributed by atoms with Gasteiger partial charge in [-0.25, -0.2) is 9.88 Å². The summed E-state index contributed by atoms with van der Waals surface area (Å²) in [6.45, 7) is 0. The quantitative estimate of drug-likeness (QED) is 0.526. The smallest absolute Gasteiger partial charge is 0.270 e. The van der Waals surface area contributed by atoms with Gasteiger partial charge in [-0.2, -0.15) is 0 Å². The Kier molecular flexibility index (Phi) is 3.62. The van der Waals surface area contributed by atoms with E-state index in [1.807, 2.05) is 6.07 Å². The zero-order valence-corrected chi connectivity index (χ0v) is 14.4. The van der Waals surface area contributed by atoms with Crippen LogP contribution in [0.3, 0.4) is 0 Å². The van der Waals surface area contributed by atoms with Crippen LogP contribution in [0.15, 0.2) is 65.3 Å². The molecule has 1 aliphatic rings. The van der Waals surface area contributed by atoms with E-state index in [4.69, 9.17) is 0 Å². The topological polar surface area (TPSA) is 70.5 Å². The molecule has 1 aromatic heterocycles. The van der Waals surface area contributed by atoms with Crippen molar-refractivity contribution in [3.05, 3.63) is 76.4 Å². The van der Waals surface area contributed by atoms with Gasteiger partial charge in [0, 0.05) is 5.56 Å². The largest absolute Gasteiger partial charge is 0.505 e. The lowest BCUT2D eigenvalue weighted by molar-refractivity contribution is 0.0925. The van der Waals surface area contributed by atoms with Crippen molar-refractivity contribution in [1.29, 1.82) is 0 Å². The molecule has 25 heavy (non-hydrogen) atoms. The summed E-state index contributed by atoms with van der Waals surface area (Å²) in [5.41, 5.74) is 1.39. The number of para-hydroxylation sites is 1. The summed E-state index contributed by atoms with van der Waals surface area (Å²) in [4.78, 5) is 31.0. The van der Waals surface area contributed by atoms with Gasteiger partial charge in [-0.3, -0.25) is 9.59 Å². The first-order chi connectivity index (χ1) is 12.1. The summed E-state index contributed by atoms with van der Waals surface area (Å²) in [6, 6.07) is 17.6. The maximum absolute atomic E-state index is 12.9. The van der Waals surface area contributed by atoms with Crippen LogP contribution < -0.4 is 4.90 Å². The molecule has 0 fully saturated rings. The maximum Gasteiger partial charge on any atom is 0.270 e. The molecular formula is C19H11BrN2O3. The lowest BCUT2D eigenvalue weighted by Crippen LogP contribution is -2.29. The van der Waals surface area contributed by atoms with E-state index in [2.05, 4.69) is 20.9 Å². The van der Waals surface area contributed by atoms with Gasteiger partial charge in [0.25, 0.3) is 11.8 Å². The van der Waals surface area contributed by atoms with Crippen LogP contribution in [0.4, 0.5) is 5.69 Å². The second-order valence-electron chi connectivity index (χ2n) is 5.50. The van der Waals surface area contributed by atoms with Crippen LogP contribution in [0.1, 0.15) is 20.7 Å². The number of carbonyl (C=O) groups is 2. The predicted octanol–water partition coefficient (Wildman–Crippen LogP) is 4.02. The average Bonchev–Trinajstić information content (AvgIpc) is 2.91. The second kappa shape index (κ2) is 5.82. The fourth-order valence-corrected chi connectivity index (χ4v) is 3.42. The van der Waals surface area contributed by atoms with Crippen molar-refractivity contribution >= 4 is 33.4 Å². The van der Waals surface area contributed by atoms with E-state index in [9.17, 15) is 14.7 Å². The van der Waals surface area contributed by atoms with E-state index >= 15 is 0 Å². The van der Waals surface area contributed by atoms with Crippen molar-refractivity contribution in [3.8, 4) is 17.0 Å². The Morgan fingerprint density at radius 3 is 2.04 bits per heavy atom. The number of aromatic hydroxyl groups is 1. The van der Waals surface area contributed by atoms with E-state index in [0.717, 1.165) is 4.90 Å². The number of aromatic nitrogens is 1. The molecule has 3 aromatic rings. The molecule has 0 saturated carbocycles. The molecule has 0 aliphatic carbocycles. The summed E-state index contributed by atoms with van der Waals surface area (Å²) < 4.78 is 0.232. The SMILES string of the molecule is O=C1c2c(Br)nc(-c3ccccc3)c(O)c2C(=O)N1c1ccccc1. The number of halogens is 1. The Balaban J connectivity index is 1.92. The number of benzene rings is 2. The van der Waals surface area contributed by atoms with Crippen LogP contribution in [0.25, 0.3) is 11.3 Å². The molecular weight excluding hydrogens is 384 g/mol. The predicted molar refractivity (Wildman–Crippen MR) is 96.6 cm³/mol. The Morgan fingerprint density at radius 1 is 0.840 bits per heavy atom. The number of nitrogens with zero attached hydrogens (tertiary/aromatic N) is 2. The fraction of sp³-hybridized carbons (Fsp3) is 0. The van der Waals surface area contributed by atoms with E-state index in [1.165, 1.54) is 0 Å². The molecule has 6 heteroatoms. The molecule has 0 bridgehead atoms. The lowest BCUT2D eigenvalue weighted by Gasteiger charge is -2.13. The van der Waals surface area contributed by atoms with Crippen molar-refractivity contribution in [2.24, 2.45) is 0 Å². The first-order valence-electron chi connectivity index (χ1n) is 7.51. The maximum atomic E-state index is 12.9. The Labute approximate surface area is 151 Å². The molecule has 0 radical (unpaired) electrons. The first-order valence-corrected chi connectivity index (χ1v) is 8.30. The Hall–Kier alpha value is -2.99. The molecule has 122 valence electrons. The zero-order chi connectivity index (χ0) is 17.6. The van der Waals surface area contributed by atoms with Crippen molar-refractivity contribution in [3.63, 3.8) is 0 Å². The van der Waals surface area contributed by atoms with Crippen LogP contribution in [-0.4, -0.2) is 21.9 Å². The Bertz CT molecular complexity index is 1000. The summed E-state index contributed by atoms with van der Waals surface area (Å²) in [5, 5.41) is 10.7. The molecule has 5 nitrogen and oxygen atoms in total. The van der Waals surface area contributed by atoms with E-state index < -0.39 is 11.8 Å². The van der Waals surface area contributed by atoms with Gasteiger partial charge in [0.15, 0.2) is 5.75 Å². The van der Waals surface area contributed by atoms with Crippen molar-refractivity contribution in [1.82, 2.24) is 4.98 Å². The van der Waals surface area contributed by atoms with Gasteiger partial charge in [0.05, 0.1) is 16.8 Å². The fourth-order valence-electron chi connectivity index (χ4n) is 2.88. The van der Waals surface area contributed by atoms with Crippen LogP contribution >= 0.6 is 15.9 Å². The number of hydrogen-bond acceptors (Lipinski definition) is 4. The number of hydrogen-bond donors (Lipinski definition) is 1. The number of carbonyl (C=O) groups excluding carboxylic acids is 2. The summed E-state index contributed by atoms with van der Waals surface area (Å²) >= 11 is 3.28. The standard InChI is InChI=1S/C19H11BrN2O3/c20-17-14-13(16(23)15(21-17)11-7-3-1-4-8-11)18(24)22(19(14)25)12-9-5-2-6-10-12/h1-10,23H. The number of amides is 2. The molecule has 1 aliphatic heterocycles. The third kappa shape index (κ3) is 2.34. The minimum atomic E-state index is -0.566. The highest BCUT2D eigenvalue weighted by Crippen LogP contribution is 2.41. The van der Waals surface area contributed by atoms with Crippen molar-refractivity contribution in [2.75, 3.05) is 4.90 Å². The molecule has 0 spiro atoms. The molecule has 0 atom stereocenters. The van der Waals surface area contributed by atoms with E-state index in [0.29, 0.717) is 11.3 Å². The van der Waals surface area contributed by atoms with Crippen LogP contribution in [0.5, 0.6) is 5.75 Å². The first kappa shape index (κ1) is 15.5. The minimum absolute atomic E-state index is 0.0328. The van der Waals surface area contributed by atoms with Gasteiger partial charge in [-0.05, 0) is 28.1 Å². The van der Waals surface area contributed by atoms with Gasteiger partial charge in [0.2, 0.25) is 0 Å². The lowest BCUT2D eigenvalue weighted by atomic mass is 10.0. The van der Waals surface area contributed by atoms with Crippen molar-refractivity contribution in [2.45, 2.75) is 0 Å². The molecule has 0 unspecified atom stereocenters. The molecule has 2 heterocycles. The van der Waals surface area contributed by atoms with Gasteiger partial charge in [-0.15, -0.1) is 0 Å². The summed E-state index contributed by atoms with van der Waals surface area (Å²) in [7, 11) is 0. The number of imide groups is 1. The highest BCUT2D eigenvalue weighted by Gasteiger charge is 2.42. The zero-order valence-electron chi connectivity index (χ0n) is 12.8. The van der Waals surface area contributed by atoms with Gasteiger partial charge in [-0.1, -0.05) is 48.5 Å².